The summed E-state index contributed by atoms with van der Waals surface area (Å²) < 4.78 is 0. The van der Waals surface area contributed by atoms with Gasteiger partial charge >= 0.3 is 12.0 Å². The lowest BCUT2D eigenvalue weighted by Crippen LogP contribution is -2.39. The molecule has 1 atom stereocenters. The molecule has 1 unspecified atom stereocenters. The summed E-state index contributed by atoms with van der Waals surface area (Å²) >= 11 is 0. The molecule has 2 rings (SSSR count). The molecule has 1 aliphatic rings. The van der Waals surface area contributed by atoms with Gasteiger partial charge in [-0.2, -0.15) is 0 Å². The lowest BCUT2D eigenvalue weighted by molar-refractivity contribution is -0.137. The van der Waals surface area contributed by atoms with Crippen LogP contribution in [-0.4, -0.2) is 41.6 Å². The van der Waals surface area contributed by atoms with E-state index in [9.17, 15) is 9.59 Å². The summed E-state index contributed by atoms with van der Waals surface area (Å²) in [5.74, 6) is -0.865. The Labute approximate surface area is 124 Å². The van der Waals surface area contributed by atoms with Gasteiger partial charge in [-0.25, -0.2) is 4.79 Å². The van der Waals surface area contributed by atoms with Crippen molar-refractivity contribution in [2.45, 2.75) is 31.8 Å². The van der Waals surface area contributed by atoms with Gasteiger partial charge in [-0.05, 0) is 37.6 Å². The Morgan fingerprint density at radius 1 is 1.43 bits per heavy atom. The minimum Gasteiger partial charge on any atom is -0.481 e. The third kappa shape index (κ3) is 4.19. The van der Waals surface area contributed by atoms with Gasteiger partial charge in [0.1, 0.15) is 0 Å². The zero-order valence-electron chi connectivity index (χ0n) is 12.1. The molecule has 1 aromatic rings. The Morgan fingerprint density at radius 2 is 2.24 bits per heavy atom. The monoisotopic (exact) mass is 291 g/mol. The Morgan fingerprint density at radius 3 is 2.95 bits per heavy atom. The van der Waals surface area contributed by atoms with Gasteiger partial charge in [0.2, 0.25) is 0 Å². The summed E-state index contributed by atoms with van der Waals surface area (Å²) in [7, 11) is 1.87. The number of anilines is 1. The molecule has 114 valence electrons. The van der Waals surface area contributed by atoms with Crippen molar-refractivity contribution in [3.63, 3.8) is 0 Å². The van der Waals surface area contributed by atoms with Crippen LogP contribution in [0.15, 0.2) is 24.3 Å². The second-order valence-corrected chi connectivity index (χ2v) is 5.25. The molecule has 6 nitrogen and oxygen atoms in total. The Hall–Kier alpha value is -2.08. The van der Waals surface area contributed by atoms with Gasteiger partial charge in [0.05, 0.1) is 6.42 Å². The van der Waals surface area contributed by atoms with Crippen LogP contribution in [0.25, 0.3) is 0 Å². The first kappa shape index (κ1) is 15.3. The largest absolute Gasteiger partial charge is 0.481 e. The van der Waals surface area contributed by atoms with Crippen LogP contribution in [0.5, 0.6) is 0 Å². The number of carboxylic acid groups (broad SMARTS) is 1. The van der Waals surface area contributed by atoms with E-state index in [0.29, 0.717) is 6.54 Å². The number of nitrogens with zero attached hydrogens (tertiary/aromatic N) is 1. The first-order chi connectivity index (χ1) is 10.1. The number of carboxylic acids is 1. The number of aliphatic carboxylic acids is 1. The molecule has 0 aromatic heterocycles. The van der Waals surface area contributed by atoms with E-state index in [-0.39, 0.29) is 18.5 Å². The fourth-order valence-corrected chi connectivity index (χ4v) is 2.68. The SMILES string of the molecule is CNCc1cccc(NC(=O)N2CCCC2CC(=O)O)c1. The lowest BCUT2D eigenvalue weighted by Gasteiger charge is -2.23. The summed E-state index contributed by atoms with van der Waals surface area (Å²) in [5.41, 5.74) is 1.81. The minimum atomic E-state index is -0.865. The molecule has 1 aromatic carbocycles. The predicted octanol–water partition coefficient (Wildman–Crippen LogP) is 1.88. The Balaban J connectivity index is 2.00. The highest BCUT2D eigenvalue weighted by Crippen LogP contribution is 2.21. The number of urea groups is 1. The van der Waals surface area contributed by atoms with Crippen molar-refractivity contribution >= 4 is 17.7 Å². The molecule has 6 heteroatoms. The first-order valence-corrected chi connectivity index (χ1v) is 7.13. The molecule has 21 heavy (non-hydrogen) atoms. The quantitative estimate of drug-likeness (QED) is 0.773. The normalized spacial score (nSPS) is 17.8. The number of rotatable bonds is 5. The fraction of sp³-hybridized carbons (Fsp3) is 0.467. The van der Waals surface area contributed by atoms with Crippen LogP contribution in [0.3, 0.4) is 0 Å². The molecule has 0 radical (unpaired) electrons. The molecule has 0 spiro atoms. The molecule has 1 saturated heterocycles. The van der Waals surface area contributed by atoms with E-state index < -0.39 is 5.97 Å². The maximum absolute atomic E-state index is 12.3. The van der Waals surface area contributed by atoms with E-state index in [1.54, 1.807) is 4.90 Å². The van der Waals surface area contributed by atoms with E-state index >= 15 is 0 Å². The molecule has 1 aliphatic heterocycles. The second kappa shape index (κ2) is 7.08. The van der Waals surface area contributed by atoms with Gasteiger partial charge in [-0.3, -0.25) is 4.79 Å². The Bertz CT molecular complexity index is 519. The smallest absolute Gasteiger partial charge is 0.322 e. The van der Waals surface area contributed by atoms with Crippen molar-refractivity contribution in [3.05, 3.63) is 29.8 Å². The van der Waals surface area contributed by atoms with E-state index in [1.165, 1.54) is 0 Å². The minimum absolute atomic E-state index is 0.00716. The molecule has 0 bridgehead atoms. The lowest BCUT2D eigenvalue weighted by atomic mass is 10.1. The highest BCUT2D eigenvalue weighted by atomic mass is 16.4. The van der Waals surface area contributed by atoms with Gasteiger partial charge in [0, 0.05) is 24.8 Å². The summed E-state index contributed by atoms with van der Waals surface area (Å²) in [6.07, 6.45) is 1.61. The van der Waals surface area contributed by atoms with Crippen molar-refractivity contribution in [2.75, 3.05) is 18.9 Å². The number of carbonyl (C=O) groups is 2. The number of benzene rings is 1. The highest BCUT2D eigenvalue weighted by Gasteiger charge is 2.30. The van der Waals surface area contributed by atoms with E-state index in [2.05, 4.69) is 10.6 Å². The maximum Gasteiger partial charge on any atom is 0.322 e. The summed E-state index contributed by atoms with van der Waals surface area (Å²) in [5, 5.41) is 14.8. The average Bonchev–Trinajstić information content (AvgIpc) is 2.87. The van der Waals surface area contributed by atoms with E-state index in [1.807, 2.05) is 31.3 Å². The Kier molecular flexibility index (Phi) is 5.16. The molecule has 0 saturated carbocycles. The zero-order chi connectivity index (χ0) is 15.2. The third-order valence-electron chi connectivity index (χ3n) is 3.61. The van der Waals surface area contributed by atoms with Crippen molar-refractivity contribution in [1.82, 2.24) is 10.2 Å². The highest BCUT2D eigenvalue weighted by molar-refractivity contribution is 5.90. The average molecular weight is 291 g/mol. The third-order valence-corrected chi connectivity index (χ3v) is 3.61. The number of hydrogen-bond acceptors (Lipinski definition) is 3. The van der Waals surface area contributed by atoms with Crippen LogP contribution in [0, 0.1) is 0 Å². The fourth-order valence-electron chi connectivity index (χ4n) is 2.68. The number of amides is 2. The van der Waals surface area contributed by atoms with Crippen LogP contribution >= 0.6 is 0 Å². The summed E-state index contributed by atoms with van der Waals surface area (Å²) in [4.78, 5) is 24.7. The van der Waals surface area contributed by atoms with Crippen LogP contribution < -0.4 is 10.6 Å². The van der Waals surface area contributed by atoms with E-state index in [4.69, 9.17) is 5.11 Å². The first-order valence-electron chi connectivity index (χ1n) is 7.13. The number of nitrogens with one attached hydrogen (secondary N) is 2. The zero-order valence-corrected chi connectivity index (χ0v) is 12.1. The van der Waals surface area contributed by atoms with Gasteiger partial charge in [0.15, 0.2) is 0 Å². The van der Waals surface area contributed by atoms with Crippen LogP contribution in [-0.2, 0) is 11.3 Å². The van der Waals surface area contributed by atoms with Crippen LogP contribution in [0.2, 0.25) is 0 Å². The molecule has 1 fully saturated rings. The van der Waals surface area contributed by atoms with Gasteiger partial charge in [-0.15, -0.1) is 0 Å². The summed E-state index contributed by atoms with van der Waals surface area (Å²) in [6.45, 7) is 1.34. The molecule has 2 amide bonds. The van der Waals surface area contributed by atoms with Gasteiger partial charge < -0.3 is 20.6 Å². The molecular weight excluding hydrogens is 270 g/mol. The molecular formula is C15H21N3O3. The number of hydrogen-bond donors (Lipinski definition) is 3. The second-order valence-electron chi connectivity index (χ2n) is 5.25. The van der Waals surface area contributed by atoms with E-state index in [0.717, 1.165) is 30.6 Å². The molecule has 0 aliphatic carbocycles. The number of carbonyl (C=O) groups excluding carboxylic acids is 1. The van der Waals surface area contributed by atoms with Crippen molar-refractivity contribution < 1.29 is 14.7 Å². The summed E-state index contributed by atoms with van der Waals surface area (Å²) in [6, 6.07) is 7.19. The van der Waals surface area contributed by atoms with Crippen molar-refractivity contribution in [1.29, 1.82) is 0 Å². The standard InChI is InChI=1S/C15H21N3O3/c1-16-10-11-4-2-5-12(8-11)17-15(21)18-7-3-6-13(18)9-14(19)20/h2,4-5,8,13,16H,3,6-7,9-10H2,1H3,(H,17,21)(H,19,20). The van der Waals surface area contributed by atoms with Crippen LogP contribution in [0.4, 0.5) is 10.5 Å². The number of likely N-dealkylation sites (tertiary alicyclic amines) is 1. The topological polar surface area (TPSA) is 81.7 Å². The van der Waals surface area contributed by atoms with Crippen molar-refractivity contribution in [3.8, 4) is 0 Å². The maximum atomic E-state index is 12.3. The van der Waals surface area contributed by atoms with Gasteiger partial charge in [-0.1, -0.05) is 12.1 Å². The predicted molar refractivity (Wildman–Crippen MR) is 80.2 cm³/mol. The van der Waals surface area contributed by atoms with Crippen LogP contribution in [0.1, 0.15) is 24.8 Å². The molecule has 3 N–H and O–H groups in total. The van der Waals surface area contributed by atoms with Gasteiger partial charge in [0.25, 0.3) is 0 Å². The van der Waals surface area contributed by atoms with Crippen molar-refractivity contribution in [2.24, 2.45) is 0 Å². The molecule has 1 heterocycles.